The Balaban J connectivity index is 1.94. The van der Waals surface area contributed by atoms with Gasteiger partial charge in [0.05, 0.1) is 16.3 Å². The largest absolute Gasteiger partial charge is 0.388 e. The van der Waals surface area contributed by atoms with Gasteiger partial charge < -0.3 is 10.6 Å². The normalized spacial score (nSPS) is 13.4. The van der Waals surface area contributed by atoms with E-state index in [1.54, 1.807) is 0 Å². The molecule has 4 rings (SSSR count). The third-order valence-electron chi connectivity index (χ3n) is 5.82. The number of hydrogen-bond acceptors (Lipinski definition) is 4. The first-order valence-electron chi connectivity index (χ1n) is 10.2. The Morgan fingerprint density at radius 1 is 1.21 bits per heavy atom. The molecule has 0 amide bonds. The number of hydrogen-bond donors (Lipinski definition) is 2. The summed E-state index contributed by atoms with van der Waals surface area (Å²) < 4.78 is 2.01. The summed E-state index contributed by atoms with van der Waals surface area (Å²) in [6.45, 7) is 6.49. The highest BCUT2D eigenvalue weighted by molar-refractivity contribution is 6.34. The van der Waals surface area contributed by atoms with Crippen LogP contribution in [0.3, 0.4) is 0 Å². The van der Waals surface area contributed by atoms with Crippen LogP contribution in [0.25, 0.3) is 16.8 Å². The van der Waals surface area contributed by atoms with Crippen molar-refractivity contribution >= 4 is 28.8 Å². The van der Waals surface area contributed by atoms with Crippen LogP contribution in [0.15, 0.2) is 18.2 Å². The van der Waals surface area contributed by atoms with Gasteiger partial charge in [0.25, 0.3) is 0 Å². The van der Waals surface area contributed by atoms with Crippen molar-refractivity contribution in [3.05, 3.63) is 40.2 Å². The third-order valence-corrected chi connectivity index (χ3v) is 6.13. The Bertz CT molecular complexity index is 1020. The minimum atomic E-state index is 0.432. The predicted octanol–water partition coefficient (Wildman–Crippen LogP) is 5.49. The highest BCUT2D eigenvalue weighted by Crippen LogP contribution is 2.38. The Hall–Kier alpha value is -2.27. The molecule has 1 aliphatic carbocycles. The molecule has 0 unspecified atom stereocenters. The third kappa shape index (κ3) is 3.12. The molecule has 0 saturated heterocycles. The van der Waals surface area contributed by atoms with Gasteiger partial charge in [-0.3, -0.25) is 0 Å². The van der Waals surface area contributed by atoms with Gasteiger partial charge in [-0.1, -0.05) is 31.5 Å². The van der Waals surface area contributed by atoms with Crippen molar-refractivity contribution in [2.24, 2.45) is 0 Å². The predicted molar refractivity (Wildman–Crippen MR) is 118 cm³/mol. The Morgan fingerprint density at radius 2 is 2.00 bits per heavy atom. The number of aromatic nitrogens is 3. The molecule has 0 spiro atoms. The first kappa shape index (κ1) is 19.1. The van der Waals surface area contributed by atoms with Crippen molar-refractivity contribution in [2.45, 2.75) is 58.9 Å². The molecule has 6 heteroatoms. The van der Waals surface area contributed by atoms with Crippen LogP contribution in [-0.4, -0.2) is 27.7 Å². The van der Waals surface area contributed by atoms with E-state index >= 15 is 0 Å². The molecule has 0 aliphatic heterocycles. The number of benzene rings is 1. The van der Waals surface area contributed by atoms with E-state index in [0.717, 1.165) is 66.1 Å². The van der Waals surface area contributed by atoms with Gasteiger partial charge >= 0.3 is 0 Å². The number of fused-ring (bicyclic) bond motifs is 2. The zero-order valence-electron chi connectivity index (χ0n) is 17.1. The Kier molecular flexibility index (Phi) is 5.19. The Labute approximate surface area is 171 Å². The van der Waals surface area contributed by atoms with Crippen LogP contribution in [0.1, 0.15) is 50.1 Å². The monoisotopic (exact) mass is 397 g/mol. The van der Waals surface area contributed by atoms with Crippen LogP contribution in [-0.2, 0) is 12.8 Å². The second kappa shape index (κ2) is 7.63. The van der Waals surface area contributed by atoms with E-state index in [1.165, 1.54) is 11.3 Å². The summed E-state index contributed by atoms with van der Waals surface area (Å²) in [5, 5.41) is 12.5. The quantitative estimate of drug-likeness (QED) is 0.577. The molecule has 3 aromatic rings. The second-order valence-electron chi connectivity index (χ2n) is 7.54. The smallest absolute Gasteiger partial charge is 0.165 e. The summed E-state index contributed by atoms with van der Waals surface area (Å²) in [4.78, 5) is 5.04. The number of rotatable bonds is 6. The maximum absolute atomic E-state index is 6.64. The maximum Gasteiger partial charge on any atom is 0.165 e. The van der Waals surface area contributed by atoms with Crippen LogP contribution < -0.4 is 10.6 Å². The number of anilines is 2. The average Bonchev–Trinajstić information content (AvgIpc) is 3.29. The highest BCUT2D eigenvalue weighted by Gasteiger charge is 2.25. The van der Waals surface area contributed by atoms with Gasteiger partial charge in [-0.15, -0.1) is 0 Å². The molecule has 148 valence electrons. The van der Waals surface area contributed by atoms with Crippen LogP contribution in [0, 0.1) is 6.92 Å². The van der Waals surface area contributed by atoms with Crippen molar-refractivity contribution in [2.75, 3.05) is 17.7 Å². The van der Waals surface area contributed by atoms with Crippen LogP contribution in [0.4, 0.5) is 11.5 Å². The van der Waals surface area contributed by atoms with Crippen LogP contribution >= 0.6 is 11.6 Å². The molecule has 1 aromatic carbocycles. The minimum absolute atomic E-state index is 0.432. The van der Waals surface area contributed by atoms with E-state index in [9.17, 15) is 0 Å². The van der Waals surface area contributed by atoms with Gasteiger partial charge in [-0.2, -0.15) is 9.61 Å². The van der Waals surface area contributed by atoms with E-state index in [0.29, 0.717) is 11.1 Å². The van der Waals surface area contributed by atoms with E-state index in [-0.39, 0.29) is 0 Å². The van der Waals surface area contributed by atoms with Gasteiger partial charge in [-0.05, 0) is 51.2 Å². The number of nitrogens with zero attached hydrogens (tertiary/aromatic N) is 3. The van der Waals surface area contributed by atoms with E-state index in [1.807, 2.05) is 30.6 Å². The molecule has 0 atom stereocenters. The maximum atomic E-state index is 6.64. The van der Waals surface area contributed by atoms with Crippen molar-refractivity contribution in [3.8, 4) is 11.1 Å². The number of nitrogens with one attached hydrogen (secondary N) is 2. The highest BCUT2D eigenvalue weighted by atomic mass is 35.5. The van der Waals surface area contributed by atoms with E-state index in [2.05, 4.69) is 30.5 Å². The van der Waals surface area contributed by atoms with Gasteiger partial charge in [0, 0.05) is 35.6 Å². The number of aryl methyl sites for hydroxylation is 2. The lowest BCUT2D eigenvalue weighted by molar-refractivity contribution is 0.661. The van der Waals surface area contributed by atoms with Crippen molar-refractivity contribution < 1.29 is 0 Å². The van der Waals surface area contributed by atoms with E-state index < -0.39 is 0 Å². The molecular formula is C22H28ClN5. The molecule has 1 aliphatic rings. The zero-order valence-corrected chi connectivity index (χ0v) is 17.8. The van der Waals surface area contributed by atoms with Gasteiger partial charge in [0.2, 0.25) is 0 Å². The Morgan fingerprint density at radius 3 is 2.68 bits per heavy atom. The first-order valence-corrected chi connectivity index (χ1v) is 10.6. The summed E-state index contributed by atoms with van der Waals surface area (Å²) in [6, 6.07) is 6.49. The molecule has 0 saturated carbocycles. The molecule has 2 heterocycles. The van der Waals surface area contributed by atoms with Crippen LogP contribution in [0.5, 0.6) is 0 Å². The van der Waals surface area contributed by atoms with Crippen molar-refractivity contribution in [3.63, 3.8) is 0 Å². The zero-order chi connectivity index (χ0) is 19.8. The van der Waals surface area contributed by atoms with Crippen molar-refractivity contribution in [1.82, 2.24) is 14.6 Å². The summed E-state index contributed by atoms with van der Waals surface area (Å²) >= 11 is 6.64. The van der Waals surface area contributed by atoms with Crippen LogP contribution in [0.2, 0.25) is 5.02 Å². The lowest BCUT2D eigenvalue weighted by atomic mass is 10.1. The summed E-state index contributed by atoms with van der Waals surface area (Å²) in [5.74, 6) is 1.11. The van der Waals surface area contributed by atoms with Crippen molar-refractivity contribution in [1.29, 1.82) is 0 Å². The minimum Gasteiger partial charge on any atom is -0.388 e. The van der Waals surface area contributed by atoms with E-state index in [4.69, 9.17) is 21.7 Å². The summed E-state index contributed by atoms with van der Waals surface area (Å²) in [6.07, 6.45) is 5.41. The molecule has 5 nitrogen and oxygen atoms in total. The number of halogens is 1. The van der Waals surface area contributed by atoms with Gasteiger partial charge in [-0.25, -0.2) is 4.98 Å². The second-order valence-corrected chi connectivity index (χ2v) is 7.94. The molecule has 0 radical (unpaired) electrons. The fourth-order valence-corrected chi connectivity index (χ4v) is 4.43. The van der Waals surface area contributed by atoms with Gasteiger partial charge in [0.1, 0.15) is 5.82 Å². The molecule has 2 aromatic heterocycles. The molecule has 2 N–H and O–H groups in total. The molecule has 0 fully saturated rings. The summed E-state index contributed by atoms with van der Waals surface area (Å²) in [7, 11) is 1.90. The topological polar surface area (TPSA) is 54.2 Å². The fraction of sp³-hybridized carbons (Fsp3) is 0.455. The van der Waals surface area contributed by atoms with Gasteiger partial charge in [0.15, 0.2) is 5.65 Å². The summed E-state index contributed by atoms with van der Waals surface area (Å²) in [5.41, 5.74) is 7.36. The standard InChI is InChI=1S/C22H28ClN5/c1-5-14(6-2)25-21-17-8-7-9-19(17)26-22-20(13(3)27-28(21)22)16-11-10-15(24-4)12-18(16)23/h10-12,14,24-25H,5-9H2,1-4H3. The first-order chi connectivity index (χ1) is 13.6. The lowest BCUT2D eigenvalue weighted by Crippen LogP contribution is -2.21. The lowest BCUT2D eigenvalue weighted by Gasteiger charge is -2.19. The average molecular weight is 398 g/mol. The SMILES string of the molecule is CCC(CC)Nc1c2c(nc3c(-c4ccc(NC)cc4Cl)c(C)nn13)CCC2. The molecule has 28 heavy (non-hydrogen) atoms. The fourth-order valence-electron chi connectivity index (χ4n) is 4.16. The molecule has 0 bridgehead atoms. The molecular weight excluding hydrogens is 370 g/mol.